The summed E-state index contributed by atoms with van der Waals surface area (Å²) in [7, 11) is -3.16. The van der Waals surface area contributed by atoms with Gasteiger partial charge in [0.1, 0.15) is 0 Å². The number of piperazine rings is 1. The third-order valence-corrected chi connectivity index (χ3v) is 9.26. The minimum Gasteiger partial charge on any atom is -0.350 e. The molecule has 1 heterocycles. The van der Waals surface area contributed by atoms with Crippen LogP contribution in [0.25, 0.3) is 0 Å². The molecule has 32 heavy (non-hydrogen) atoms. The Morgan fingerprint density at radius 3 is 2.41 bits per heavy atom. The van der Waals surface area contributed by atoms with Crippen LogP contribution in [0.5, 0.6) is 0 Å². The van der Waals surface area contributed by atoms with E-state index in [1.165, 1.54) is 6.42 Å². The van der Waals surface area contributed by atoms with Crippen molar-refractivity contribution in [2.24, 2.45) is 11.8 Å². The second kappa shape index (κ2) is 11.8. The van der Waals surface area contributed by atoms with Gasteiger partial charge in [-0.1, -0.05) is 51.8 Å². The summed E-state index contributed by atoms with van der Waals surface area (Å²) in [6, 6.07) is 9.37. The summed E-state index contributed by atoms with van der Waals surface area (Å²) in [5, 5.41) is 3.22. The first-order valence-electron chi connectivity index (χ1n) is 11.8. The first-order chi connectivity index (χ1) is 14.8. The number of carbonyl (C=O) groups excluding carboxylic acids is 1. The molecule has 0 spiro atoms. The topological polar surface area (TPSA) is 69.7 Å². The van der Waals surface area contributed by atoms with E-state index in [0.29, 0.717) is 43.5 Å². The molecule has 1 saturated carbocycles. The van der Waals surface area contributed by atoms with E-state index in [9.17, 15) is 13.2 Å². The van der Waals surface area contributed by atoms with Crippen LogP contribution in [0, 0.1) is 11.8 Å². The Hall–Kier alpha value is -1.15. The van der Waals surface area contributed by atoms with Crippen molar-refractivity contribution in [2.45, 2.75) is 58.4 Å². The Morgan fingerprint density at radius 1 is 1.16 bits per heavy atom. The predicted octanol–water partition coefficient (Wildman–Crippen LogP) is 3.78. The number of hydrogen-bond donors (Lipinski definition) is 1. The summed E-state index contributed by atoms with van der Waals surface area (Å²) in [5.74, 6) is 1.43. The molecule has 1 aliphatic heterocycles. The van der Waals surface area contributed by atoms with Crippen LogP contribution in [0.4, 0.5) is 0 Å². The van der Waals surface area contributed by atoms with Gasteiger partial charge in [0.15, 0.2) is 0 Å². The molecular weight excluding hydrogens is 446 g/mol. The Morgan fingerprint density at radius 2 is 1.81 bits per heavy atom. The van der Waals surface area contributed by atoms with Gasteiger partial charge in [0, 0.05) is 43.8 Å². The van der Waals surface area contributed by atoms with Gasteiger partial charge in [-0.25, -0.2) is 8.42 Å². The standard InChI is InChI=1S/C24H39N3O3S.ClH/c1-4-17-31(29,30)27-15-13-26(14-16-27)24(12-8-11-22(18-24)20(2)3)19-25-23(28)21-9-6-5-7-10-21;/h5-7,9-10,20,22H,4,8,11-19H2,1-3H3,(H,25,28);1H. The number of nitrogens with one attached hydrogen (secondary N) is 1. The van der Waals surface area contributed by atoms with Crippen LogP contribution in [0.15, 0.2) is 30.3 Å². The van der Waals surface area contributed by atoms with Crippen molar-refractivity contribution in [3.05, 3.63) is 35.9 Å². The normalized spacial score (nSPS) is 25.3. The lowest BCUT2D eigenvalue weighted by Gasteiger charge is -2.52. The minimum absolute atomic E-state index is 0. The average Bonchev–Trinajstić information content (AvgIpc) is 2.78. The first kappa shape index (κ1) is 27.1. The number of amides is 1. The summed E-state index contributed by atoms with van der Waals surface area (Å²) < 4.78 is 26.7. The Kier molecular flexibility index (Phi) is 10.0. The van der Waals surface area contributed by atoms with Gasteiger partial charge in [-0.3, -0.25) is 9.69 Å². The van der Waals surface area contributed by atoms with Gasteiger partial charge in [0.05, 0.1) is 5.75 Å². The van der Waals surface area contributed by atoms with E-state index in [2.05, 4.69) is 24.1 Å². The van der Waals surface area contributed by atoms with Gasteiger partial charge >= 0.3 is 0 Å². The van der Waals surface area contributed by atoms with E-state index in [4.69, 9.17) is 0 Å². The number of carbonyl (C=O) groups is 1. The lowest BCUT2D eigenvalue weighted by molar-refractivity contribution is 0.000375. The summed E-state index contributed by atoms with van der Waals surface area (Å²) in [6.45, 7) is 9.66. The number of halogens is 1. The number of sulfonamides is 1. The SMILES string of the molecule is CCCS(=O)(=O)N1CCN(C2(CNC(=O)c3ccccc3)CCCC(C(C)C)C2)CC1.Cl. The Labute approximate surface area is 200 Å². The van der Waals surface area contributed by atoms with Crippen molar-refractivity contribution in [1.82, 2.24) is 14.5 Å². The Balaban J connectivity index is 0.00000363. The molecular formula is C24H40ClN3O3S. The highest BCUT2D eigenvalue weighted by Crippen LogP contribution is 2.40. The molecule has 0 bridgehead atoms. The van der Waals surface area contributed by atoms with E-state index in [1.54, 1.807) is 4.31 Å². The quantitative estimate of drug-likeness (QED) is 0.608. The molecule has 1 aliphatic carbocycles. The van der Waals surface area contributed by atoms with Crippen molar-refractivity contribution < 1.29 is 13.2 Å². The van der Waals surface area contributed by atoms with E-state index < -0.39 is 10.0 Å². The predicted molar refractivity (Wildman–Crippen MR) is 133 cm³/mol. The van der Waals surface area contributed by atoms with Crippen LogP contribution in [-0.4, -0.2) is 67.5 Å². The van der Waals surface area contributed by atoms with Gasteiger partial charge in [-0.15, -0.1) is 12.4 Å². The highest BCUT2D eigenvalue weighted by Gasteiger charge is 2.44. The second-order valence-electron chi connectivity index (χ2n) is 9.58. The smallest absolute Gasteiger partial charge is 0.251 e. The number of nitrogens with zero attached hydrogens (tertiary/aromatic N) is 2. The van der Waals surface area contributed by atoms with E-state index in [1.807, 2.05) is 37.3 Å². The average molecular weight is 486 g/mol. The fourth-order valence-corrected chi connectivity index (χ4v) is 6.77. The molecule has 1 aromatic rings. The van der Waals surface area contributed by atoms with Gasteiger partial charge in [0.25, 0.3) is 5.91 Å². The summed E-state index contributed by atoms with van der Waals surface area (Å²) >= 11 is 0. The number of rotatable bonds is 8. The van der Waals surface area contributed by atoms with E-state index >= 15 is 0 Å². The summed E-state index contributed by atoms with van der Waals surface area (Å²) in [6.07, 6.45) is 5.14. The van der Waals surface area contributed by atoms with Crippen molar-refractivity contribution in [3.63, 3.8) is 0 Å². The highest BCUT2D eigenvalue weighted by atomic mass is 35.5. The largest absolute Gasteiger partial charge is 0.350 e. The van der Waals surface area contributed by atoms with Crippen LogP contribution in [-0.2, 0) is 10.0 Å². The molecule has 1 aromatic carbocycles. The second-order valence-corrected chi connectivity index (χ2v) is 11.7. The zero-order chi connectivity index (χ0) is 22.5. The van der Waals surface area contributed by atoms with Gasteiger partial charge < -0.3 is 5.32 Å². The Bertz CT molecular complexity index is 826. The van der Waals surface area contributed by atoms with E-state index in [-0.39, 0.29) is 29.6 Å². The van der Waals surface area contributed by atoms with Crippen molar-refractivity contribution >= 4 is 28.3 Å². The van der Waals surface area contributed by atoms with Crippen LogP contribution in [0.1, 0.15) is 63.2 Å². The van der Waals surface area contributed by atoms with Gasteiger partial charge in [0.2, 0.25) is 10.0 Å². The first-order valence-corrected chi connectivity index (χ1v) is 13.4. The van der Waals surface area contributed by atoms with Crippen molar-refractivity contribution in [3.8, 4) is 0 Å². The third-order valence-electron chi connectivity index (χ3n) is 7.18. The van der Waals surface area contributed by atoms with Crippen LogP contribution in [0.3, 0.4) is 0 Å². The number of hydrogen-bond acceptors (Lipinski definition) is 4. The molecule has 0 aromatic heterocycles. The molecule has 2 aliphatic rings. The summed E-state index contributed by atoms with van der Waals surface area (Å²) in [4.78, 5) is 15.2. The molecule has 8 heteroatoms. The molecule has 2 unspecified atom stereocenters. The fourth-order valence-electron chi connectivity index (χ4n) is 5.28. The molecule has 0 radical (unpaired) electrons. The molecule has 1 saturated heterocycles. The monoisotopic (exact) mass is 485 g/mol. The zero-order valence-electron chi connectivity index (χ0n) is 19.8. The summed E-state index contributed by atoms with van der Waals surface area (Å²) in [5.41, 5.74) is 0.586. The molecule has 3 rings (SSSR count). The highest BCUT2D eigenvalue weighted by molar-refractivity contribution is 7.89. The molecule has 1 amide bonds. The molecule has 2 atom stereocenters. The molecule has 2 fully saturated rings. The molecule has 6 nitrogen and oxygen atoms in total. The number of benzene rings is 1. The lowest BCUT2D eigenvalue weighted by Crippen LogP contribution is -2.63. The van der Waals surface area contributed by atoms with E-state index in [0.717, 1.165) is 32.4 Å². The lowest BCUT2D eigenvalue weighted by atomic mass is 9.70. The minimum atomic E-state index is -3.16. The molecule has 1 N–H and O–H groups in total. The van der Waals surface area contributed by atoms with Gasteiger partial charge in [-0.2, -0.15) is 4.31 Å². The maximum atomic E-state index is 12.8. The maximum absolute atomic E-state index is 12.8. The van der Waals surface area contributed by atoms with Crippen LogP contribution in [0.2, 0.25) is 0 Å². The van der Waals surface area contributed by atoms with Crippen LogP contribution < -0.4 is 5.32 Å². The van der Waals surface area contributed by atoms with Crippen molar-refractivity contribution in [1.29, 1.82) is 0 Å². The fraction of sp³-hybridized carbons (Fsp3) is 0.708. The van der Waals surface area contributed by atoms with Gasteiger partial charge in [-0.05, 0) is 43.2 Å². The van der Waals surface area contributed by atoms with Crippen molar-refractivity contribution in [2.75, 3.05) is 38.5 Å². The zero-order valence-corrected chi connectivity index (χ0v) is 21.4. The maximum Gasteiger partial charge on any atom is 0.251 e. The third kappa shape index (κ3) is 6.46. The van der Waals surface area contributed by atoms with Crippen LogP contribution >= 0.6 is 12.4 Å². The molecule has 182 valence electrons.